The first-order valence-electron chi connectivity index (χ1n) is 12.7. The van der Waals surface area contributed by atoms with Gasteiger partial charge in [-0.15, -0.1) is 0 Å². The van der Waals surface area contributed by atoms with Gasteiger partial charge in [-0.25, -0.2) is 9.78 Å². The summed E-state index contributed by atoms with van der Waals surface area (Å²) in [5.41, 5.74) is 4.13. The molecule has 0 saturated carbocycles. The molecule has 42 heavy (non-hydrogen) atoms. The zero-order chi connectivity index (χ0) is 31.1. The van der Waals surface area contributed by atoms with E-state index in [1.807, 2.05) is 0 Å². The van der Waals surface area contributed by atoms with Crippen molar-refractivity contribution in [2.75, 3.05) is 44.9 Å². The second-order valence-electron chi connectivity index (χ2n) is 9.09. The molecule has 2 heterocycles. The Labute approximate surface area is 245 Å². The van der Waals surface area contributed by atoms with Crippen LogP contribution in [-0.2, 0) is 30.2 Å². The Bertz CT molecular complexity index is 1370. The van der Waals surface area contributed by atoms with E-state index in [0.717, 1.165) is 9.21 Å². The predicted octanol–water partition coefficient (Wildman–Crippen LogP) is 4.37. The smallest absolute Gasteiger partial charge is 0.431 e. The van der Waals surface area contributed by atoms with E-state index in [-0.39, 0.29) is 62.9 Å². The van der Waals surface area contributed by atoms with Crippen LogP contribution in [0.25, 0.3) is 0 Å². The molecule has 2 aromatic rings. The number of hydrogen-bond donors (Lipinski definition) is 1. The number of ether oxygens (including phenoxy) is 3. The standard InChI is InChI=1S/C25H30ClF3N4O8S/c1-3-9-33(24(35)41-42(36,37)32-10-7-16(8-11-32)22(30)34)21-19(39-13-12-38-2)5-4-6-20(21)40-23-18(26)14-17(15-31-23)25(27,28)29/h4-6,14-16H,3,7-13H2,1-2H3,(H2,30,34). The fraction of sp³-hybridized carbons (Fsp3) is 0.480. The highest BCUT2D eigenvalue weighted by Crippen LogP contribution is 2.42. The number of pyridine rings is 1. The number of benzene rings is 1. The third kappa shape index (κ3) is 8.36. The summed E-state index contributed by atoms with van der Waals surface area (Å²) in [4.78, 5) is 29.5. The van der Waals surface area contributed by atoms with Crippen molar-refractivity contribution < 1.29 is 49.6 Å². The molecule has 0 radical (unpaired) electrons. The van der Waals surface area contributed by atoms with E-state index >= 15 is 0 Å². The van der Waals surface area contributed by atoms with Crippen LogP contribution < -0.4 is 20.1 Å². The Morgan fingerprint density at radius 3 is 2.43 bits per heavy atom. The minimum Gasteiger partial charge on any atom is -0.489 e. The second-order valence-corrected chi connectivity index (χ2v) is 11.0. The number of amides is 2. The molecule has 2 amide bonds. The molecule has 1 aliphatic rings. The predicted molar refractivity (Wildman–Crippen MR) is 145 cm³/mol. The average Bonchev–Trinajstić information content (AvgIpc) is 2.92. The largest absolute Gasteiger partial charge is 0.489 e. The molecule has 1 aromatic heterocycles. The summed E-state index contributed by atoms with van der Waals surface area (Å²) < 4.78 is 87.6. The monoisotopic (exact) mass is 638 g/mol. The third-order valence-corrected chi connectivity index (χ3v) is 7.76. The van der Waals surface area contributed by atoms with Gasteiger partial charge in [0.05, 0.1) is 12.2 Å². The van der Waals surface area contributed by atoms with Gasteiger partial charge in [0.25, 0.3) is 0 Å². The van der Waals surface area contributed by atoms with Gasteiger partial charge in [-0.3, -0.25) is 9.69 Å². The Kier molecular flexibility index (Phi) is 11.2. The number of halogens is 4. The zero-order valence-corrected chi connectivity index (χ0v) is 24.3. The molecule has 0 spiro atoms. The van der Waals surface area contributed by atoms with Crippen LogP contribution in [-0.4, -0.2) is 69.7 Å². The van der Waals surface area contributed by atoms with Crippen molar-refractivity contribution in [3.8, 4) is 17.4 Å². The number of carbonyl (C=O) groups excluding carboxylic acids is 2. The molecular weight excluding hydrogens is 609 g/mol. The summed E-state index contributed by atoms with van der Waals surface area (Å²) in [7, 11) is -3.14. The van der Waals surface area contributed by atoms with Crippen molar-refractivity contribution in [3.63, 3.8) is 0 Å². The van der Waals surface area contributed by atoms with Crippen LogP contribution in [0.1, 0.15) is 31.7 Å². The van der Waals surface area contributed by atoms with Gasteiger partial charge in [-0.1, -0.05) is 24.6 Å². The first-order chi connectivity index (χ1) is 19.8. The van der Waals surface area contributed by atoms with Gasteiger partial charge in [-0.2, -0.15) is 25.9 Å². The fourth-order valence-corrected chi connectivity index (χ4v) is 5.27. The number of primary amides is 1. The molecule has 2 N–H and O–H groups in total. The van der Waals surface area contributed by atoms with E-state index < -0.39 is 50.9 Å². The normalized spacial score (nSPS) is 14.8. The SMILES string of the molecule is CCCN(C(=O)OS(=O)(=O)N1CCC(C(N)=O)CC1)c1c(OCCOC)cccc1Oc1ncc(C(F)(F)F)cc1Cl. The highest BCUT2D eigenvalue weighted by atomic mass is 35.5. The minimum absolute atomic E-state index is 0.0222. The van der Waals surface area contributed by atoms with E-state index in [1.54, 1.807) is 6.92 Å². The minimum atomic E-state index is -4.70. The number of nitrogens with two attached hydrogens (primary N) is 1. The van der Waals surface area contributed by atoms with Gasteiger partial charge >= 0.3 is 22.6 Å². The third-order valence-electron chi connectivity index (χ3n) is 6.14. The van der Waals surface area contributed by atoms with Crippen LogP contribution in [0.4, 0.5) is 23.7 Å². The maximum absolute atomic E-state index is 13.4. The van der Waals surface area contributed by atoms with Crippen LogP contribution in [0.2, 0.25) is 5.02 Å². The molecule has 0 unspecified atom stereocenters. The van der Waals surface area contributed by atoms with Crippen LogP contribution in [0.5, 0.6) is 17.4 Å². The molecular formula is C25H30ClF3N4O8S. The number of piperidine rings is 1. The highest BCUT2D eigenvalue weighted by Gasteiger charge is 2.36. The Morgan fingerprint density at radius 1 is 1.19 bits per heavy atom. The Balaban J connectivity index is 1.97. The van der Waals surface area contributed by atoms with E-state index in [2.05, 4.69) is 4.98 Å². The number of anilines is 1. The number of hydrogen-bond acceptors (Lipinski definition) is 9. The maximum atomic E-state index is 13.4. The van der Waals surface area contributed by atoms with Crippen molar-refractivity contribution in [2.24, 2.45) is 11.7 Å². The van der Waals surface area contributed by atoms with Crippen LogP contribution in [0.3, 0.4) is 0 Å². The zero-order valence-electron chi connectivity index (χ0n) is 22.7. The lowest BCUT2D eigenvalue weighted by molar-refractivity contribution is -0.137. The quantitative estimate of drug-likeness (QED) is 0.334. The molecule has 1 aromatic carbocycles. The van der Waals surface area contributed by atoms with E-state index in [9.17, 15) is 31.2 Å². The number of para-hydroxylation sites is 1. The molecule has 232 valence electrons. The number of alkyl halides is 3. The summed E-state index contributed by atoms with van der Waals surface area (Å²) in [5, 5.41) is -0.465. The molecule has 0 bridgehead atoms. The Hall–Kier alpha value is -3.34. The summed E-state index contributed by atoms with van der Waals surface area (Å²) in [6.07, 6.45) is -4.80. The molecule has 1 aliphatic heterocycles. The van der Waals surface area contributed by atoms with E-state index in [4.69, 9.17) is 35.7 Å². The molecule has 12 nitrogen and oxygen atoms in total. The van der Waals surface area contributed by atoms with Gasteiger partial charge in [0.1, 0.15) is 23.1 Å². The molecule has 1 fully saturated rings. The van der Waals surface area contributed by atoms with Crippen molar-refractivity contribution >= 4 is 39.6 Å². The Morgan fingerprint density at radius 2 is 1.86 bits per heavy atom. The lowest BCUT2D eigenvalue weighted by Gasteiger charge is -2.30. The number of aromatic nitrogens is 1. The lowest BCUT2D eigenvalue weighted by Crippen LogP contribution is -2.44. The van der Waals surface area contributed by atoms with Crippen molar-refractivity contribution in [1.82, 2.24) is 9.29 Å². The second kappa shape index (κ2) is 14.2. The van der Waals surface area contributed by atoms with Gasteiger partial charge < -0.3 is 24.1 Å². The summed E-state index contributed by atoms with van der Waals surface area (Å²) in [6.45, 7) is 1.65. The van der Waals surface area contributed by atoms with Crippen molar-refractivity contribution in [3.05, 3.63) is 41.0 Å². The van der Waals surface area contributed by atoms with Gasteiger partial charge in [0.15, 0.2) is 5.75 Å². The molecule has 0 atom stereocenters. The van der Waals surface area contributed by atoms with Crippen LogP contribution >= 0.6 is 11.6 Å². The average molecular weight is 639 g/mol. The van der Waals surface area contributed by atoms with E-state index in [0.29, 0.717) is 18.7 Å². The molecule has 17 heteroatoms. The number of rotatable bonds is 12. The van der Waals surface area contributed by atoms with Gasteiger partial charge in [0, 0.05) is 38.9 Å². The number of nitrogens with zero attached hydrogens (tertiary/aromatic N) is 3. The summed E-state index contributed by atoms with van der Waals surface area (Å²) in [5.74, 6) is -1.53. The van der Waals surface area contributed by atoms with Crippen molar-refractivity contribution in [2.45, 2.75) is 32.4 Å². The van der Waals surface area contributed by atoms with Gasteiger partial charge in [-0.05, 0) is 37.5 Å². The summed E-state index contributed by atoms with van der Waals surface area (Å²) >= 11 is 6.03. The topological polar surface area (TPSA) is 151 Å². The fourth-order valence-electron chi connectivity index (χ4n) is 4.03. The molecule has 0 aliphatic carbocycles. The number of carbonyl (C=O) groups is 2. The maximum Gasteiger partial charge on any atom is 0.431 e. The van der Waals surface area contributed by atoms with Crippen LogP contribution in [0.15, 0.2) is 30.5 Å². The van der Waals surface area contributed by atoms with Crippen LogP contribution in [0, 0.1) is 5.92 Å². The first-order valence-corrected chi connectivity index (χ1v) is 14.5. The lowest BCUT2D eigenvalue weighted by atomic mass is 9.98. The summed E-state index contributed by atoms with van der Waals surface area (Å²) in [6, 6.07) is 4.95. The van der Waals surface area contributed by atoms with Gasteiger partial charge in [0.2, 0.25) is 11.8 Å². The van der Waals surface area contributed by atoms with Crippen molar-refractivity contribution in [1.29, 1.82) is 0 Å². The molecule has 3 rings (SSSR count). The highest BCUT2D eigenvalue weighted by molar-refractivity contribution is 7.84. The van der Waals surface area contributed by atoms with E-state index in [1.165, 1.54) is 25.3 Å². The number of methoxy groups -OCH3 is 1. The molecule has 1 saturated heterocycles. The first kappa shape index (κ1) is 33.2.